The molecular weight excluding hydrogens is 326 g/mol. The van der Waals surface area contributed by atoms with E-state index in [0.717, 1.165) is 0 Å². The SMILES string of the molecule is CCc1cc(S(N)(=O)=O)cc(CC)c1NS(=O)(=O)C(F)F. The van der Waals surface area contributed by atoms with Crippen molar-refractivity contribution in [1.29, 1.82) is 0 Å². The van der Waals surface area contributed by atoms with E-state index >= 15 is 0 Å². The molecule has 0 atom stereocenters. The fourth-order valence-corrected chi connectivity index (χ4v) is 3.02. The molecule has 0 aliphatic rings. The Hall–Kier alpha value is -1.26. The largest absolute Gasteiger partial charge is 0.355 e. The first-order valence-corrected chi connectivity index (χ1v) is 9.10. The minimum Gasteiger partial charge on any atom is -0.278 e. The molecule has 0 aliphatic carbocycles. The van der Waals surface area contributed by atoms with Gasteiger partial charge in [0.2, 0.25) is 10.0 Å². The van der Waals surface area contributed by atoms with Crippen LogP contribution in [-0.2, 0) is 32.9 Å². The van der Waals surface area contributed by atoms with Crippen LogP contribution in [-0.4, -0.2) is 22.6 Å². The van der Waals surface area contributed by atoms with Gasteiger partial charge < -0.3 is 0 Å². The molecule has 0 aromatic heterocycles. The Morgan fingerprint density at radius 3 is 1.81 bits per heavy atom. The van der Waals surface area contributed by atoms with Gasteiger partial charge in [-0.15, -0.1) is 0 Å². The van der Waals surface area contributed by atoms with Gasteiger partial charge in [-0.05, 0) is 36.1 Å². The van der Waals surface area contributed by atoms with Crippen LogP contribution in [0.25, 0.3) is 0 Å². The lowest BCUT2D eigenvalue weighted by atomic mass is 10.0. The molecule has 0 saturated carbocycles. The average Bonchev–Trinajstić information content (AvgIpc) is 2.36. The van der Waals surface area contributed by atoms with Crippen molar-refractivity contribution in [2.24, 2.45) is 5.14 Å². The lowest BCUT2D eigenvalue weighted by molar-refractivity contribution is 0.236. The number of halogens is 2. The molecule has 0 bridgehead atoms. The predicted octanol–water partition coefficient (Wildman–Crippen LogP) is 1.42. The summed E-state index contributed by atoms with van der Waals surface area (Å²) >= 11 is 0. The molecule has 0 aliphatic heterocycles. The third-order valence-electron chi connectivity index (χ3n) is 2.84. The molecule has 1 aromatic carbocycles. The minimum atomic E-state index is -4.83. The molecule has 10 heteroatoms. The van der Waals surface area contributed by atoms with E-state index in [9.17, 15) is 25.6 Å². The second kappa shape index (κ2) is 6.24. The van der Waals surface area contributed by atoms with Gasteiger partial charge in [-0.3, -0.25) is 4.72 Å². The maximum Gasteiger partial charge on any atom is 0.355 e. The van der Waals surface area contributed by atoms with Gasteiger partial charge >= 0.3 is 5.76 Å². The first-order chi connectivity index (χ1) is 9.52. The van der Waals surface area contributed by atoms with E-state index in [1.54, 1.807) is 13.8 Å². The average molecular weight is 342 g/mol. The second-order valence-corrected chi connectivity index (χ2v) is 7.49. The van der Waals surface area contributed by atoms with Crippen LogP contribution >= 0.6 is 0 Å². The molecule has 0 amide bonds. The summed E-state index contributed by atoms with van der Waals surface area (Å²) in [7, 11) is -8.80. The summed E-state index contributed by atoms with van der Waals surface area (Å²) in [4.78, 5) is -0.184. The molecule has 1 rings (SSSR count). The van der Waals surface area contributed by atoms with E-state index in [4.69, 9.17) is 5.14 Å². The molecule has 0 unspecified atom stereocenters. The van der Waals surface area contributed by atoms with Gasteiger partial charge in [0.25, 0.3) is 10.0 Å². The molecular formula is C11H16F2N2O4S2. The number of sulfonamides is 2. The lowest BCUT2D eigenvalue weighted by Gasteiger charge is -2.16. The number of alkyl halides is 2. The zero-order chi connectivity index (χ0) is 16.4. The molecule has 6 nitrogen and oxygen atoms in total. The van der Waals surface area contributed by atoms with Crippen LogP contribution in [0.4, 0.5) is 14.5 Å². The van der Waals surface area contributed by atoms with Crippen molar-refractivity contribution in [3.8, 4) is 0 Å². The van der Waals surface area contributed by atoms with Gasteiger partial charge in [0.05, 0.1) is 10.6 Å². The van der Waals surface area contributed by atoms with Gasteiger partial charge in [-0.2, -0.15) is 8.78 Å². The number of nitrogens with one attached hydrogen (secondary N) is 1. The number of hydrogen-bond acceptors (Lipinski definition) is 4. The van der Waals surface area contributed by atoms with E-state index in [1.165, 1.54) is 12.1 Å². The van der Waals surface area contributed by atoms with Crippen molar-refractivity contribution in [2.75, 3.05) is 4.72 Å². The summed E-state index contributed by atoms with van der Waals surface area (Å²) in [5.74, 6) is -3.58. The molecule has 0 heterocycles. The summed E-state index contributed by atoms with van der Waals surface area (Å²) in [6, 6.07) is 2.36. The van der Waals surface area contributed by atoms with Crippen LogP contribution in [0.15, 0.2) is 17.0 Å². The van der Waals surface area contributed by atoms with Crippen LogP contribution in [0, 0.1) is 0 Å². The van der Waals surface area contributed by atoms with Crippen LogP contribution in [0.5, 0.6) is 0 Å². The van der Waals surface area contributed by atoms with Crippen molar-refractivity contribution in [2.45, 2.75) is 37.3 Å². The third kappa shape index (κ3) is 4.11. The van der Waals surface area contributed by atoms with E-state index in [0.29, 0.717) is 0 Å². The van der Waals surface area contributed by atoms with Crippen LogP contribution in [0.1, 0.15) is 25.0 Å². The fourth-order valence-electron chi connectivity index (χ4n) is 1.78. The molecule has 0 spiro atoms. The van der Waals surface area contributed by atoms with Gasteiger partial charge in [0, 0.05) is 0 Å². The molecule has 1 aromatic rings. The van der Waals surface area contributed by atoms with Crippen molar-refractivity contribution < 1.29 is 25.6 Å². The highest BCUT2D eigenvalue weighted by molar-refractivity contribution is 7.93. The van der Waals surface area contributed by atoms with E-state index in [1.807, 2.05) is 4.72 Å². The minimum absolute atomic E-state index is 0.0206. The monoisotopic (exact) mass is 342 g/mol. The van der Waals surface area contributed by atoms with Gasteiger partial charge in [0.15, 0.2) is 0 Å². The Morgan fingerprint density at radius 1 is 1.10 bits per heavy atom. The zero-order valence-corrected chi connectivity index (χ0v) is 13.1. The van der Waals surface area contributed by atoms with E-state index < -0.39 is 25.8 Å². The Morgan fingerprint density at radius 2 is 1.52 bits per heavy atom. The number of primary sulfonamides is 1. The number of rotatable bonds is 6. The predicted molar refractivity (Wildman–Crippen MR) is 75.1 cm³/mol. The third-order valence-corrected chi connectivity index (χ3v) is 4.69. The first kappa shape index (κ1) is 17.8. The molecule has 0 fully saturated rings. The van der Waals surface area contributed by atoms with E-state index in [-0.39, 0.29) is 34.6 Å². The molecule has 0 saturated heterocycles. The maximum atomic E-state index is 12.5. The van der Waals surface area contributed by atoms with Crippen molar-refractivity contribution >= 4 is 25.7 Å². The van der Waals surface area contributed by atoms with Crippen LogP contribution in [0.2, 0.25) is 0 Å². The van der Waals surface area contributed by atoms with Gasteiger partial charge in [-0.1, -0.05) is 13.8 Å². The quantitative estimate of drug-likeness (QED) is 0.815. The second-order valence-electron chi connectivity index (χ2n) is 4.28. The number of nitrogens with two attached hydrogens (primary N) is 1. The number of benzene rings is 1. The number of anilines is 1. The Labute approximate surface area is 122 Å². The summed E-state index contributed by atoms with van der Waals surface area (Å²) < 4.78 is 72.2. The lowest BCUT2D eigenvalue weighted by Crippen LogP contribution is -2.23. The first-order valence-electron chi connectivity index (χ1n) is 6.01. The fraction of sp³-hybridized carbons (Fsp3) is 0.455. The Bertz CT molecular complexity index is 706. The highest BCUT2D eigenvalue weighted by Crippen LogP contribution is 2.28. The number of hydrogen-bond donors (Lipinski definition) is 2. The highest BCUT2D eigenvalue weighted by atomic mass is 32.2. The highest BCUT2D eigenvalue weighted by Gasteiger charge is 2.26. The maximum absolute atomic E-state index is 12.5. The summed E-state index contributed by atoms with van der Waals surface area (Å²) in [6.07, 6.45) is 0.495. The standard InChI is InChI=1S/C11H16F2N2O4S2/c1-3-7-5-9(20(14,16)17)6-8(4-2)10(7)15-21(18,19)11(12)13/h5-6,11,15H,3-4H2,1-2H3,(H2,14,16,17). The number of aryl methyl sites for hydroxylation is 2. The Kier molecular flexibility index (Phi) is 5.29. The smallest absolute Gasteiger partial charge is 0.278 e. The van der Waals surface area contributed by atoms with E-state index in [2.05, 4.69) is 0 Å². The van der Waals surface area contributed by atoms with Gasteiger partial charge in [-0.25, -0.2) is 22.0 Å². The molecule has 120 valence electrons. The normalized spacial score (nSPS) is 12.7. The summed E-state index contributed by atoms with van der Waals surface area (Å²) in [5, 5.41) is 5.04. The Balaban J connectivity index is 3.52. The summed E-state index contributed by atoms with van der Waals surface area (Å²) in [6.45, 7) is 3.28. The van der Waals surface area contributed by atoms with Crippen molar-refractivity contribution in [1.82, 2.24) is 0 Å². The molecule has 0 radical (unpaired) electrons. The van der Waals surface area contributed by atoms with Crippen molar-refractivity contribution in [3.63, 3.8) is 0 Å². The topological polar surface area (TPSA) is 106 Å². The zero-order valence-electron chi connectivity index (χ0n) is 11.4. The van der Waals surface area contributed by atoms with Gasteiger partial charge in [0.1, 0.15) is 0 Å². The molecule has 21 heavy (non-hydrogen) atoms. The van der Waals surface area contributed by atoms with Crippen molar-refractivity contribution in [3.05, 3.63) is 23.3 Å². The summed E-state index contributed by atoms with van der Waals surface area (Å²) in [5.41, 5.74) is 0.540. The molecule has 3 N–H and O–H groups in total. The van der Waals surface area contributed by atoms with Crippen LogP contribution < -0.4 is 9.86 Å². The van der Waals surface area contributed by atoms with Crippen LogP contribution in [0.3, 0.4) is 0 Å².